The summed E-state index contributed by atoms with van der Waals surface area (Å²) in [5.74, 6) is -0.124. The quantitative estimate of drug-likeness (QED) is 0.367. The number of carbonyl (C=O) groups is 3. The van der Waals surface area contributed by atoms with Gasteiger partial charge in [0.1, 0.15) is 11.0 Å². The molecule has 2 amide bonds. The first-order valence-electron chi connectivity index (χ1n) is 12.3. The van der Waals surface area contributed by atoms with Crippen LogP contribution in [0.5, 0.6) is 5.75 Å². The van der Waals surface area contributed by atoms with E-state index < -0.39 is 11.2 Å². The summed E-state index contributed by atoms with van der Waals surface area (Å²) in [6, 6.07) is 23.6. The lowest BCUT2D eigenvalue weighted by Crippen LogP contribution is -2.35. The van der Waals surface area contributed by atoms with Crippen molar-refractivity contribution in [2.75, 3.05) is 25.6 Å². The molecule has 1 saturated heterocycles. The van der Waals surface area contributed by atoms with Gasteiger partial charge in [0, 0.05) is 18.7 Å². The van der Waals surface area contributed by atoms with Crippen LogP contribution in [0.3, 0.4) is 0 Å². The first-order valence-corrected chi connectivity index (χ1v) is 13.2. The van der Waals surface area contributed by atoms with Gasteiger partial charge < -0.3 is 14.8 Å². The summed E-state index contributed by atoms with van der Waals surface area (Å²) in [6.45, 7) is 2.49. The smallest absolute Gasteiger partial charge is 0.338 e. The minimum Gasteiger partial charge on any atom is -0.497 e. The van der Waals surface area contributed by atoms with Crippen LogP contribution in [0.15, 0.2) is 83.9 Å². The summed E-state index contributed by atoms with van der Waals surface area (Å²) in [6.07, 6.45) is 0.664. The standard InChI is InChI=1S/C29H29N3O5S/c1-3-37-28(35)21-9-11-23(12-10-21)31-29-32(18-17-20-7-5-4-6-8-20)27(34)25(38-29)19-26(33)30-22-13-15-24(36-2)16-14-22/h4-16,25H,3,17-19H2,1-2H3,(H,30,33)/t25-/m0/s1. The number of rotatable bonds is 10. The number of ether oxygens (including phenoxy) is 2. The summed E-state index contributed by atoms with van der Waals surface area (Å²) in [7, 11) is 1.58. The number of methoxy groups -OCH3 is 1. The first kappa shape index (κ1) is 26.9. The maximum absolute atomic E-state index is 13.4. The number of amides is 2. The van der Waals surface area contributed by atoms with Gasteiger partial charge in [-0.15, -0.1) is 0 Å². The zero-order valence-electron chi connectivity index (χ0n) is 21.3. The molecule has 0 bridgehead atoms. The van der Waals surface area contributed by atoms with Gasteiger partial charge in [0.25, 0.3) is 0 Å². The number of thioether (sulfide) groups is 1. The number of carbonyl (C=O) groups excluding carboxylic acids is 3. The Bertz CT molecular complexity index is 1290. The summed E-state index contributed by atoms with van der Waals surface area (Å²) in [4.78, 5) is 44.4. The molecule has 9 heteroatoms. The molecule has 0 radical (unpaired) electrons. The van der Waals surface area contributed by atoms with Gasteiger partial charge in [0.05, 0.1) is 25.0 Å². The van der Waals surface area contributed by atoms with Gasteiger partial charge in [-0.25, -0.2) is 9.79 Å². The van der Waals surface area contributed by atoms with Crippen molar-refractivity contribution in [3.63, 3.8) is 0 Å². The Labute approximate surface area is 226 Å². The Balaban J connectivity index is 1.49. The topological polar surface area (TPSA) is 97.3 Å². The van der Waals surface area contributed by atoms with E-state index >= 15 is 0 Å². The predicted octanol–water partition coefficient (Wildman–Crippen LogP) is 5.07. The van der Waals surface area contributed by atoms with E-state index in [0.717, 1.165) is 5.56 Å². The van der Waals surface area contributed by atoms with E-state index in [4.69, 9.17) is 14.5 Å². The Morgan fingerprint density at radius 2 is 1.71 bits per heavy atom. The molecule has 1 N–H and O–H groups in total. The Hall–Kier alpha value is -4.11. The van der Waals surface area contributed by atoms with E-state index in [1.54, 1.807) is 67.5 Å². The van der Waals surface area contributed by atoms with Crippen LogP contribution in [-0.4, -0.2) is 53.4 Å². The van der Waals surface area contributed by atoms with Gasteiger partial charge in [0.2, 0.25) is 11.8 Å². The largest absolute Gasteiger partial charge is 0.497 e. The third kappa shape index (κ3) is 7.01. The number of amidine groups is 1. The van der Waals surface area contributed by atoms with Crippen LogP contribution in [-0.2, 0) is 20.7 Å². The predicted molar refractivity (Wildman–Crippen MR) is 149 cm³/mol. The average Bonchev–Trinajstić information content (AvgIpc) is 3.22. The van der Waals surface area contributed by atoms with Crippen LogP contribution >= 0.6 is 11.8 Å². The molecule has 1 aliphatic heterocycles. The van der Waals surface area contributed by atoms with Gasteiger partial charge >= 0.3 is 5.97 Å². The number of hydrogen-bond acceptors (Lipinski definition) is 7. The lowest BCUT2D eigenvalue weighted by atomic mass is 10.1. The summed E-state index contributed by atoms with van der Waals surface area (Å²) in [5.41, 5.74) is 2.76. The molecule has 3 aromatic carbocycles. The van der Waals surface area contributed by atoms with Crippen molar-refractivity contribution in [1.29, 1.82) is 0 Å². The molecule has 0 saturated carbocycles. The van der Waals surface area contributed by atoms with E-state index in [-0.39, 0.29) is 18.2 Å². The molecule has 1 atom stereocenters. The van der Waals surface area contributed by atoms with Crippen LogP contribution < -0.4 is 10.1 Å². The Morgan fingerprint density at radius 3 is 2.37 bits per heavy atom. The Morgan fingerprint density at radius 1 is 1.00 bits per heavy atom. The maximum atomic E-state index is 13.4. The average molecular weight is 532 g/mol. The lowest BCUT2D eigenvalue weighted by Gasteiger charge is -2.16. The van der Waals surface area contributed by atoms with Crippen LogP contribution in [0, 0.1) is 0 Å². The molecule has 0 aromatic heterocycles. The Kier molecular flexibility index (Phi) is 9.16. The second-order valence-corrected chi connectivity index (χ2v) is 9.64. The fraction of sp³-hybridized carbons (Fsp3) is 0.241. The minimum atomic E-state index is -0.596. The molecule has 8 nitrogen and oxygen atoms in total. The van der Waals surface area contributed by atoms with E-state index in [2.05, 4.69) is 5.32 Å². The highest BCUT2D eigenvalue weighted by Crippen LogP contribution is 2.32. The van der Waals surface area contributed by atoms with Gasteiger partial charge in [-0.1, -0.05) is 42.1 Å². The number of benzene rings is 3. The van der Waals surface area contributed by atoms with Gasteiger partial charge in [-0.3, -0.25) is 14.5 Å². The zero-order valence-corrected chi connectivity index (χ0v) is 22.1. The van der Waals surface area contributed by atoms with Crippen molar-refractivity contribution >= 4 is 46.1 Å². The van der Waals surface area contributed by atoms with Crippen molar-refractivity contribution in [2.24, 2.45) is 4.99 Å². The molecular weight excluding hydrogens is 502 g/mol. The molecular formula is C29H29N3O5S. The zero-order chi connectivity index (χ0) is 26.9. The van der Waals surface area contributed by atoms with Crippen LogP contribution in [0.4, 0.5) is 11.4 Å². The van der Waals surface area contributed by atoms with E-state index in [0.29, 0.717) is 47.4 Å². The van der Waals surface area contributed by atoms with Gasteiger partial charge in [0.15, 0.2) is 5.17 Å². The van der Waals surface area contributed by atoms with Crippen molar-refractivity contribution in [3.05, 3.63) is 90.0 Å². The third-order valence-corrected chi connectivity index (χ3v) is 7.01. The van der Waals surface area contributed by atoms with Crippen LogP contribution in [0.2, 0.25) is 0 Å². The molecule has 0 unspecified atom stereocenters. The van der Waals surface area contributed by atoms with Gasteiger partial charge in [-0.05, 0) is 67.4 Å². The molecule has 0 spiro atoms. The lowest BCUT2D eigenvalue weighted by molar-refractivity contribution is -0.128. The third-order valence-electron chi connectivity index (χ3n) is 5.83. The van der Waals surface area contributed by atoms with E-state index in [9.17, 15) is 14.4 Å². The molecule has 3 aromatic rings. The van der Waals surface area contributed by atoms with Gasteiger partial charge in [-0.2, -0.15) is 0 Å². The molecule has 0 aliphatic carbocycles. The van der Waals surface area contributed by atoms with Crippen molar-refractivity contribution in [2.45, 2.75) is 25.0 Å². The monoisotopic (exact) mass is 531 g/mol. The molecule has 196 valence electrons. The molecule has 1 fully saturated rings. The maximum Gasteiger partial charge on any atom is 0.338 e. The summed E-state index contributed by atoms with van der Waals surface area (Å²) < 4.78 is 10.2. The highest BCUT2D eigenvalue weighted by atomic mass is 32.2. The second kappa shape index (κ2) is 12.9. The fourth-order valence-corrected chi connectivity index (χ4v) is 5.05. The van der Waals surface area contributed by atoms with Crippen molar-refractivity contribution < 1.29 is 23.9 Å². The van der Waals surface area contributed by atoms with Crippen LogP contribution in [0.25, 0.3) is 0 Å². The highest BCUT2D eigenvalue weighted by Gasteiger charge is 2.39. The normalized spacial score (nSPS) is 15.9. The summed E-state index contributed by atoms with van der Waals surface area (Å²) in [5, 5.41) is 2.77. The number of aliphatic imine (C=N–C) groups is 1. The minimum absolute atomic E-state index is 0.0121. The fourth-order valence-electron chi connectivity index (χ4n) is 3.87. The van der Waals surface area contributed by atoms with Crippen LogP contribution in [0.1, 0.15) is 29.3 Å². The number of esters is 1. The first-order chi connectivity index (χ1) is 18.5. The number of nitrogens with one attached hydrogen (secondary N) is 1. The SMILES string of the molecule is CCOC(=O)c1ccc(N=C2S[C@@H](CC(=O)Nc3ccc(OC)cc3)C(=O)N2CCc2ccccc2)cc1. The summed E-state index contributed by atoms with van der Waals surface area (Å²) >= 11 is 1.27. The van der Waals surface area contributed by atoms with E-state index in [1.165, 1.54) is 11.8 Å². The molecule has 38 heavy (non-hydrogen) atoms. The number of anilines is 1. The van der Waals surface area contributed by atoms with Crippen molar-refractivity contribution in [3.8, 4) is 5.75 Å². The number of hydrogen-bond donors (Lipinski definition) is 1. The molecule has 1 aliphatic rings. The van der Waals surface area contributed by atoms with E-state index in [1.807, 2.05) is 30.3 Å². The second-order valence-electron chi connectivity index (χ2n) is 8.47. The highest BCUT2D eigenvalue weighted by molar-refractivity contribution is 8.15. The number of nitrogens with zero attached hydrogens (tertiary/aromatic N) is 2. The van der Waals surface area contributed by atoms with Crippen molar-refractivity contribution in [1.82, 2.24) is 4.90 Å². The molecule has 1 heterocycles. The molecule has 4 rings (SSSR count).